The predicted octanol–water partition coefficient (Wildman–Crippen LogP) is 0.679. The quantitative estimate of drug-likeness (QED) is 0.827. The van der Waals surface area contributed by atoms with Gasteiger partial charge in [-0.25, -0.2) is 13.1 Å². The van der Waals surface area contributed by atoms with Gasteiger partial charge in [0.05, 0.1) is 16.1 Å². The maximum Gasteiger partial charge on any atom is 0.496 e. The molecule has 0 aromatic carbocycles. The van der Waals surface area contributed by atoms with Crippen LogP contribution >= 0.6 is 0 Å². The lowest BCUT2D eigenvalue weighted by Gasteiger charge is -2.32. The largest absolute Gasteiger partial charge is 0.496 e. The molecule has 1 aliphatic heterocycles. The van der Waals surface area contributed by atoms with Gasteiger partial charge in [0.1, 0.15) is 0 Å². The molecule has 2 heterocycles. The van der Waals surface area contributed by atoms with Crippen LogP contribution in [-0.4, -0.2) is 38.3 Å². The summed E-state index contributed by atoms with van der Waals surface area (Å²) in [4.78, 5) is 4.10. The molecule has 1 fully saturated rings. The highest BCUT2D eigenvalue weighted by Gasteiger charge is 2.51. The van der Waals surface area contributed by atoms with Gasteiger partial charge in [-0.15, -0.1) is 0 Å². The molecular weight excluding hydrogens is 291 g/mol. The minimum atomic E-state index is -3.54. The van der Waals surface area contributed by atoms with Crippen molar-refractivity contribution in [3.05, 3.63) is 18.5 Å². The Morgan fingerprint density at radius 1 is 1.19 bits per heavy atom. The van der Waals surface area contributed by atoms with E-state index in [0.717, 1.165) is 0 Å². The maximum absolute atomic E-state index is 12.0. The van der Waals surface area contributed by atoms with E-state index < -0.39 is 28.3 Å². The SMILES string of the molecule is CCNS(=O)(=O)c1cncc(B2OC(C)(C)C(C)(C)O2)c1. The van der Waals surface area contributed by atoms with Gasteiger partial charge < -0.3 is 9.31 Å². The fourth-order valence-corrected chi connectivity index (χ4v) is 3.00. The van der Waals surface area contributed by atoms with Crippen LogP contribution in [0.3, 0.4) is 0 Å². The summed E-state index contributed by atoms with van der Waals surface area (Å²) >= 11 is 0. The first-order valence-corrected chi connectivity index (χ1v) is 8.37. The van der Waals surface area contributed by atoms with Gasteiger partial charge in [-0.3, -0.25) is 4.98 Å². The first kappa shape index (κ1) is 16.4. The summed E-state index contributed by atoms with van der Waals surface area (Å²) in [6, 6.07) is 1.53. The average Bonchev–Trinajstić information content (AvgIpc) is 2.59. The van der Waals surface area contributed by atoms with Gasteiger partial charge >= 0.3 is 7.12 Å². The average molecular weight is 312 g/mol. The van der Waals surface area contributed by atoms with Gasteiger partial charge in [-0.2, -0.15) is 0 Å². The Morgan fingerprint density at radius 2 is 1.76 bits per heavy atom. The lowest BCUT2D eigenvalue weighted by molar-refractivity contribution is 0.00578. The number of hydrogen-bond acceptors (Lipinski definition) is 5. The van der Waals surface area contributed by atoms with Gasteiger partial charge in [-0.05, 0) is 33.8 Å². The number of nitrogens with one attached hydrogen (secondary N) is 1. The van der Waals surface area contributed by atoms with E-state index in [-0.39, 0.29) is 4.90 Å². The fraction of sp³-hybridized carbons (Fsp3) is 0.615. The van der Waals surface area contributed by atoms with E-state index in [2.05, 4.69) is 9.71 Å². The fourth-order valence-electron chi connectivity index (χ4n) is 1.96. The van der Waals surface area contributed by atoms with Crippen LogP contribution in [-0.2, 0) is 19.3 Å². The Hall–Kier alpha value is -0.955. The van der Waals surface area contributed by atoms with Crippen molar-refractivity contribution in [3.8, 4) is 0 Å². The van der Waals surface area contributed by atoms with Crippen molar-refractivity contribution in [2.24, 2.45) is 0 Å². The summed E-state index contributed by atoms with van der Waals surface area (Å²) in [6.45, 7) is 9.82. The molecule has 1 aromatic heterocycles. The van der Waals surface area contributed by atoms with Gasteiger partial charge in [0.15, 0.2) is 0 Å². The molecule has 0 unspecified atom stereocenters. The van der Waals surface area contributed by atoms with Crippen molar-refractivity contribution in [1.82, 2.24) is 9.71 Å². The van der Waals surface area contributed by atoms with Crippen LogP contribution in [0.2, 0.25) is 0 Å². The Bertz CT molecular complexity index is 615. The van der Waals surface area contributed by atoms with Crippen LogP contribution in [0.25, 0.3) is 0 Å². The second kappa shape index (κ2) is 5.35. The summed E-state index contributed by atoms with van der Waals surface area (Å²) < 4.78 is 38.3. The molecule has 1 saturated heterocycles. The monoisotopic (exact) mass is 312 g/mol. The van der Waals surface area contributed by atoms with Crippen LogP contribution < -0.4 is 10.2 Å². The molecule has 0 spiro atoms. The Kier molecular flexibility index (Phi) is 4.18. The number of sulfonamides is 1. The van der Waals surface area contributed by atoms with E-state index in [9.17, 15) is 8.42 Å². The smallest absolute Gasteiger partial charge is 0.399 e. The molecular formula is C13H21BN2O4S. The van der Waals surface area contributed by atoms with Gasteiger partial charge in [0.2, 0.25) is 10.0 Å². The summed E-state index contributed by atoms with van der Waals surface area (Å²) in [5.41, 5.74) is -0.366. The molecule has 6 nitrogen and oxygen atoms in total. The van der Waals surface area contributed by atoms with E-state index >= 15 is 0 Å². The van der Waals surface area contributed by atoms with E-state index in [1.54, 1.807) is 13.1 Å². The lowest BCUT2D eigenvalue weighted by Crippen LogP contribution is -2.41. The lowest BCUT2D eigenvalue weighted by atomic mass is 9.80. The molecule has 1 aromatic rings. The molecule has 8 heteroatoms. The standard InChI is InChI=1S/C13H21BN2O4S/c1-6-16-21(17,18)11-7-10(8-15-9-11)14-19-12(2,3)13(4,5)20-14/h7-9,16H,6H2,1-5H3. The summed E-state index contributed by atoms with van der Waals surface area (Å²) in [5, 5.41) is 0. The Labute approximate surface area is 126 Å². The van der Waals surface area contributed by atoms with Gasteiger partial charge in [0.25, 0.3) is 0 Å². The topological polar surface area (TPSA) is 77.5 Å². The van der Waals surface area contributed by atoms with Crippen molar-refractivity contribution in [3.63, 3.8) is 0 Å². The van der Waals surface area contributed by atoms with Gasteiger partial charge in [0, 0.05) is 24.4 Å². The first-order valence-electron chi connectivity index (χ1n) is 6.89. The zero-order chi connectivity index (χ0) is 15.9. The highest BCUT2D eigenvalue weighted by Crippen LogP contribution is 2.36. The summed E-state index contributed by atoms with van der Waals surface area (Å²) in [6.07, 6.45) is 2.87. The molecule has 0 amide bonds. The van der Waals surface area contributed by atoms with Crippen molar-refractivity contribution in [1.29, 1.82) is 0 Å². The Morgan fingerprint density at radius 3 is 2.29 bits per heavy atom. The van der Waals surface area contributed by atoms with Gasteiger partial charge in [-0.1, -0.05) is 6.92 Å². The molecule has 0 atom stereocenters. The third-order valence-corrected chi connectivity index (χ3v) is 5.42. The summed E-state index contributed by atoms with van der Waals surface area (Å²) in [5.74, 6) is 0. The van der Waals surface area contributed by atoms with Crippen LogP contribution in [0.4, 0.5) is 0 Å². The minimum Gasteiger partial charge on any atom is -0.399 e. The molecule has 2 rings (SSSR count). The zero-order valence-electron chi connectivity index (χ0n) is 13.0. The molecule has 1 aliphatic rings. The second-order valence-electron chi connectivity index (χ2n) is 6.04. The zero-order valence-corrected chi connectivity index (χ0v) is 13.8. The third kappa shape index (κ3) is 3.13. The Balaban J connectivity index is 2.32. The molecule has 0 saturated carbocycles. The maximum atomic E-state index is 12.0. The van der Waals surface area contributed by atoms with E-state index in [4.69, 9.17) is 9.31 Å². The highest BCUT2D eigenvalue weighted by atomic mass is 32.2. The van der Waals surface area contributed by atoms with Crippen molar-refractivity contribution >= 4 is 22.6 Å². The molecule has 0 aliphatic carbocycles. The first-order chi connectivity index (χ1) is 9.59. The van der Waals surface area contributed by atoms with E-state index in [1.807, 2.05) is 27.7 Å². The highest BCUT2D eigenvalue weighted by molar-refractivity contribution is 7.89. The number of nitrogens with zero attached hydrogens (tertiary/aromatic N) is 1. The number of hydrogen-bond donors (Lipinski definition) is 1. The van der Waals surface area contributed by atoms with Crippen molar-refractivity contribution in [2.75, 3.05) is 6.54 Å². The summed E-state index contributed by atoms with van der Waals surface area (Å²) in [7, 11) is -4.17. The van der Waals surface area contributed by atoms with Crippen molar-refractivity contribution in [2.45, 2.75) is 50.7 Å². The van der Waals surface area contributed by atoms with E-state index in [0.29, 0.717) is 12.0 Å². The molecule has 0 radical (unpaired) electrons. The van der Waals surface area contributed by atoms with Crippen LogP contribution in [0.5, 0.6) is 0 Å². The molecule has 1 N–H and O–H groups in total. The van der Waals surface area contributed by atoms with Crippen LogP contribution in [0.15, 0.2) is 23.4 Å². The normalized spacial score (nSPS) is 20.7. The predicted molar refractivity (Wildman–Crippen MR) is 80.8 cm³/mol. The number of pyridine rings is 1. The van der Waals surface area contributed by atoms with Crippen molar-refractivity contribution < 1.29 is 17.7 Å². The molecule has 116 valence electrons. The van der Waals surface area contributed by atoms with Crippen LogP contribution in [0.1, 0.15) is 34.6 Å². The van der Waals surface area contributed by atoms with Crippen LogP contribution in [0, 0.1) is 0 Å². The molecule has 0 bridgehead atoms. The third-order valence-electron chi connectivity index (χ3n) is 3.90. The minimum absolute atomic E-state index is 0.108. The van der Waals surface area contributed by atoms with E-state index in [1.165, 1.54) is 12.3 Å². The molecule has 21 heavy (non-hydrogen) atoms. The second-order valence-corrected chi connectivity index (χ2v) is 7.81. The number of aromatic nitrogens is 1. The number of rotatable bonds is 4.